The van der Waals surface area contributed by atoms with Crippen LogP contribution in [0.25, 0.3) is 10.8 Å². The van der Waals surface area contributed by atoms with Crippen molar-refractivity contribution in [1.29, 1.82) is 0 Å². The van der Waals surface area contributed by atoms with Crippen molar-refractivity contribution in [2.24, 2.45) is 0 Å². The zero-order valence-corrected chi connectivity index (χ0v) is 11.0. The molecule has 1 unspecified atom stereocenters. The SMILES string of the molecule is CCCC(=O)NS(=O)c1ccc2ccccc2c1. The van der Waals surface area contributed by atoms with E-state index >= 15 is 0 Å². The smallest absolute Gasteiger partial charge is 0.231 e. The minimum Gasteiger partial charge on any atom is -0.274 e. The Morgan fingerprint density at radius 1 is 1.17 bits per heavy atom. The predicted octanol–water partition coefficient (Wildman–Crippen LogP) is 2.78. The van der Waals surface area contributed by atoms with Crippen LogP contribution in [0.1, 0.15) is 19.8 Å². The van der Waals surface area contributed by atoms with Gasteiger partial charge in [0.15, 0.2) is 11.0 Å². The van der Waals surface area contributed by atoms with Crippen molar-refractivity contribution in [1.82, 2.24) is 4.72 Å². The maximum Gasteiger partial charge on any atom is 0.231 e. The van der Waals surface area contributed by atoms with Gasteiger partial charge in [0.1, 0.15) is 0 Å². The molecule has 4 heteroatoms. The molecule has 1 N–H and O–H groups in total. The number of nitrogens with one attached hydrogen (secondary N) is 1. The second kappa shape index (κ2) is 5.78. The van der Waals surface area contributed by atoms with Crippen LogP contribution in [0.4, 0.5) is 0 Å². The molecule has 3 nitrogen and oxygen atoms in total. The molecule has 0 bridgehead atoms. The fourth-order valence-corrected chi connectivity index (χ4v) is 2.58. The van der Waals surface area contributed by atoms with Gasteiger partial charge in [0, 0.05) is 6.42 Å². The lowest BCUT2D eigenvalue weighted by molar-refractivity contribution is -0.119. The van der Waals surface area contributed by atoms with Crippen LogP contribution < -0.4 is 4.72 Å². The molecule has 1 amide bonds. The van der Waals surface area contributed by atoms with Gasteiger partial charge in [-0.2, -0.15) is 0 Å². The zero-order valence-electron chi connectivity index (χ0n) is 10.2. The van der Waals surface area contributed by atoms with E-state index in [9.17, 15) is 9.00 Å². The second-order valence-corrected chi connectivity index (χ2v) is 5.27. The van der Waals surface area contributed by atoms with Crippen molar-refractivity contribution >= 4 is 27.7 Å². The molecular formula is C14H15NO2S. The number of hydrogen-bond donors (Lipinski definition) is 1. The van der Waals surface area contributed by atoms with Crippen LogP contribution in [-0.4, -0.2) is 10.1 Å². The summed E-state index contributed by atoms with van der Waals surface area (Å²) in [4.78, 5) is 12.0. The maximum atomic E-state index is 12.0. The van der Waals surface area contributed by atoms with Gasteiger partial charge in [0.2, 0.25) is 5.91 Å². The third-order valence-corrected chi connectivity index (χ3v) is 3.71. The Morgan fingerprint density at radius 2 is 1.89 bits per heavy atom. The number of carbonyl (C=O) groups is 1. The van der Waals surface area contributed by atoms with Crippen LogP contribution in [0.15, 0.2) is 47.4 Å². The predicted molar refractivity (Wildman–Crippen MR) is 73.4 cm³/mol. The maximum absolute atomic E-state index is 12.0. The normalized spacial score (nSPS) is 12.3. The fourth-order valence-electron chi connectivity index (χ4n) is 1.72. The lowest BCUT2D eigenvalue weighted by Gasteiger charge is -2.05. The summed E-state index contributed by atoms with van der Waals surface area (Å²) >= 11 is 0. The van der Waals surface area contributed by atoms with Crippen LogP contribution in [0.3, 0.4) is 0 Å². The van der Waals surface area contributed by atoms with E-state index < -0.39 is 11.0 Å². The van der Waals surface area contributed by atoms with Crippen molar-refractivity contribution in [3.63, 3.8) is 0 Å². The molecule has 0 saturated heterocycles. The highest BCUT2D eigenvalue weighted by Gasteiger charge is 2.08. The summed E-state index contributed by atoms with van der Waals surface area (Å²) in [6.45, 7) is 1.92. The minimum absolute atomic E-state index is 0.177. The van der Waals surface area contributed by atoms with Gasteiger partial charge in [-0.15, -0.1) is 0 Å². The monoisotopic (exact) mass is 261 g/mol. The Balaban J connectivity index is 2.20. The topological polar surface area (TPSA) is 46.2 Å². The van der Waals surface area contributed by atoms with E-state index in [0.717, 1.165) is 17.2 Å². The van der Waals surface area contributed by atoms with Crippen LogP contribution in [0.5, 0.6) is 0 Å². The van der Waals surface area contributed by atoms with Crippen molar-refractivity contribution in [3.8, 4) is 0 Å². The zero-order chi connectivity index (χ0) is 13.0. The molecule has 0 spiro atoms. The van der Waals surface area contributed by atoms with Gasteiger partial charge in [-0.05, 0) is 29.3 Å². The molecule has 0 aliphatic rings. The first kappa shape index (κ1) is 12.8. The van der Waals surface area contributed by atoms with E-state index in [1.165, 1.54) is 0 Å². The number of fused-ring (bicyclic) bond motifs is 1. The molecule has 1 atom stereocenters. The fraction of sp³-hybridized carbons (Fsp3) is 0.214. The summed E-state index contributed by atoms with van der Waals surface area (Å²) < 4.78 is 14.4. The van der Waals surface area contributed by atoms with E-state index in [2.05, 4.69) is 4.72 Å². The number of amides is 1. The van der Waals surface area contributed by atoms with E-state index in [0.29, 0.717) is 11.3 Å². The van der Waals surface area contributed by atoms with Crippen molar-refractivity contribution in [2.45, 2.75) is 24.7 Å². The van der Waals surface area contributed by atoms with Gasteiger partial charge in [0.05, 0.1) is 4.90 Å². The van der Waals surface area contributed by atoms with Crippen molar-refractivity contribution in [3.05, 3.63) is 42.5 Å². The lowest BCUT2D eigenvalue weighted by Crippen LogP contribution is -2.25. The Morgan fingerprint density at radius 3 is 2.61 bits per heavy atom. The first-order valence-corrected chi connectivity index (χ1v) is 7.05. The van der Waals surface area contributed by atoms with Gasteiger partial charge >= 0.3 is 0 Å². The van der Waals surface area contributed by atoms with Crippen LogP contribution in [0.2, 0.25) is 0 Å². The first-order valence-electron chi connectivity index (χ1n) is 5.91. The molecule has 0 fully saturated rings. The third kappa shape index (κ3) is 2.96. The lowest BCUT2D eigenvalue weighted by atomic mass is 10.1. The molecule has 0 saturated carbocycles. The Labute approximate surface area is 109 Å². The summed E-state index contributed by atoms with van der Waals surface area (Å²) in [6, 6.07) is 13.4. The summed E-state index contributed by atoms with van der Waals surface area (Å²) in [5.41, 5.74) is 0. The average Bonchev–Trinajstić information content (AvgIpc) is 2.38. The third-order valence-electron chi connectivity index (χ3n) is 2.62. The molecule has 18 heavy (non-hydrogen) atoms. The van der Waals surface area contributed by atoms with E-state index in [1.54, 1.807) is 6.07 Å². The molecule has 0 radical (unpaired) electrons. The highest BCUT2D eigenvalue weighted by molar-refractivity contribution is 7.83. The summed E-state index contributed by atoms with van der Waals surface area (Å²) in [6.07, 6.45) is 1.15. The molecule has 0 aliphatic heterocycles. The van der Waals surface area contributed by atoms with E-state index in [1.807, 2.05) is 43.3 Å². The van der Waals surface area contributed by atoms with Crippen molar-refractivity contribution < 1.29 is 9.00 Å². The average molecular weight is 261 g/mol. The summed E-state index contributed by atoms with van der Waals surface area (Å²) in [5.74, 6) is -0.177. The molecule has 94 valence electrons. The number of hydrogen-bond acceptors (Lipinski definition) is 2. The van der Waals surface area contributed by atoms with Crippen LogP contribution >= 0.6 is 0 Å². The van der Waals surface area contributed by atoms with E-state index in [4.69, 9.17) is 0 Å². The molecule has 2 aromatic carbocycles. The van der Waals surface area contributed by atoms with E-state index in [-0.39, 0.29) is 5.91 Å². The largest absolute Gasteiger partial charge is 0.274 e. The van der Waals surface area contributed by atoms with Gasteiger partial charge < -0.3 is 0 Å². The summed E-state index contributed by atoms with van der Waals surface area (Å²) in [5, 5.41) is 2.12. The highest BCUT2D eigenvalue weighted by Crippen LogP contribution is 2.17. The first-order chi connectivity index (χ1) is 8.70. The van der Waals surface area contributed by atoms with Gasteiger partial charge in [-0.1, -0.05) is 37.3 Å². The summed E-state index contributed by atoms with van der Waals surface area (Å²) in [7, 11) is -1.47. The van der Waals surface area contributed by atoms with Gasteiger partial charge in [0.25, 0.3) is 0 Å². The Kier molecular flexibility index (Phi) is 4.10. The van der Waals surface area contributed by atoms with Crippen molar-refractivity contribution in [2.75, 3.05) is 0 Å². The van der Waals surface area contributed by atoms with Gasteiger partial charge in [-0.3, -0.25) is 9.52 Å². The van der Waals surface area contributed by atoms with Gasteiger partial charge in [-0.25, -0.2) is 4.21 Å². The molecule has 0 aromatic heterocycles. The van der Waals surface area contributed by atoms with Crippen LogP contribution in [-0.2, 0) is 15.8 Å². The number of carbonyl (C=O) groups excluding carboxylic acids is 1. The molecule has 2 aromatic rings. The van der Waals surface area contributed by atoms with Crippen LogP contribution in [0, 0.1) is 0 Å². The second-order valence-electron chi connectivity index (χ2n) is 4.05. The number of benzene rings is 2. The Hall–Kier alpha value is -1.68. The standard InChI is InChI=1S/C14H15NO2S/c1-2-5-14(16)15-18(17)13-9-8-11-6-3-4-7-12(11)10-13/h3-4,6-10H,2,5H2,1H3,(H,15,16). The Bertz CT molecular complexity index is 595. The number of rotatable bonds is 4. The molecule has 0 heterocycles. The quantitative estimate of drug-likeness (QED) is 0.920. The highest BCUT2D eigenvalue weighted by atomic mass is 32.2. The molecular weight excluding hydrogens is 246 g/mol. The molecule has 2 rings (SSSR count). The minimum atomic E-state index is -1.47. The molecule has 0 aliphatic carbocycles.